The van der Waals surface area contributed by atoms with E-state index < -0.39 is 0 Å². The molecule has 0 radical (unpaired) electrons. The lowest BCUT2D eigenvalue weighted by molar-refractivity contribution is 0.109. The Labute approximate surface area is 171 Å². The standard InChI is InChI=1S/C23H16N2O3S/c26-15-8-4-13(5-9-15)24-19-12-20(25-14-6-10-16(27)11-7-14)22-21-17(19)2-1-3-18(21)23(28)29-22/h1-12,24-27H. The topological polar surface area (TPSA) is 81.6 Å². The molecule has 4 aromatic carbocycles. The fourth-order valence-corrected chi connectivity index (χ4v) is 4.47. The minimum absolute atomic E-state index is 0.0288. The number of nitrogens with one attached hydrogen (secondary N) is 2. The Hall–Kier alpha value is -3.64. The fourth-order valence-electron chi connectivity index (χ4n) is 3.46. The van der Waals surface area contributed by atoms with Gasteiger partial charge in [-0.15, -0.1) is 0 Å². The van der Waals surface area contributed by atoms with Crippen LogP contribution in [0.3, 0.4) is 0 Å². The van der Waals surface area contributed by atoms with Gasteiger partial charge in [0.15, 0.2) is 0 Å². The highest BCUT2D eigenvalue weighted by atomic mass is 32.2. The zero-order valence-electron chi connectivity index (χ0n) is 15.1. The molecule has 1 aliphatic heterocycles. The molecule has 0 bridgehead atoms. The highest BCUT2D eigenvalue weighted by Crippen LogP contribution is 2.48. The van der Waals surface area contributed by atoms with Crippen molar-refractivity contribution < 1.29 is 15.0 Å². The van der Waals surface area contributed by atoms with Crippen molar-refractivity contribution in [3.05, 3.63) is 78.4 Å². The molecule has 142 valence electrons. The number of anilines is 4. The van der Waals surface area contributed by atoms with Crippen LogP contribution in [0.5, 0.6) is 11.5 Å². The SMILES string of the molecule is O=C1Sc2c(Nc3ccc(O)cc3)cc(Nc3ccc(O)cc3)c3cccc1c23. The number of carbonyl (C=O) groups excluding carboxylic acids is 1. The average molecular weight is 400 g/mol. The quantitative estimate of drug-likeness (QED) is 0.315. The Kier molecular flexibility index (Phi) is 4.07. The molecule has 29 heavy (non-hydrogen) atoms. The lowest BCUT2D eigenvalue weighted by Crippen LogP contribution is -1.97. The smallest absolute Gasteiger partial charge is 0.224 e. The van der Waals surface area contributed by atoms with Gasteiger partial charge < -0.3 is 20.8 Å². The van der Waals surface area contributed by atoms with Crippen molar-refractivity contribution in [2.45, 2.75) is 4.90 Å². The molecule has 0 aliphatic carbocycles. The first-order valence-electron chi connectivity index (χ1n) is 9.02. The molecule has 6 heteroatoms. The second-order valence-corrected chi connectivity index (χ2v) is 7.75. The summed E-state index contributed by atoms with van der Waals surface area (Å²) in [5, 5.41) is 27.7. The molecule has 5 rings (SSSR count). The second-order valence-electron chi connectivity index (χ2n) is 6.76. The van der Waals surface area contributed by atoms with E-state index in [1.165, 1.54) is 11.8 Å². The molecule has 0 saturated carbocycles. The third-order valence-corrected chi connectivity index (χ3v) is 5.86. The molecule has 4 aromatic rings. The number of carbonyl (C=O) groups is 1. The molecule has 5 nitrogen and oxygen atoms in total. The fraction of sp³-hybridized carbons (Fsp3) is 0. The van der Waals surface area contributed by atoms with Gasteiger partial charge in [-0.1, -0.05) is 12.1 Å². The van der Waals surface area contributed by atoms with E-state index in [1.54, 1.807) is 48.5 Å². The summed E-state index contributed by atoms with van der Waals surface area (Å²) in [4.78, 5) is 13.5. The minimum atomic E-state index is 0.0288. The number of phenols is 2. The molecule has 0 amide bonds. The Bertz CT molecular complexity index is 1250. The normalized spacial score (nSPS) is 12.3. The summed E-state index contributed by atoms with van der Waals surface area (Å²) in [6, 6.07) is 21.3. The van der Waals surface area contributed by atoms with Crippen molar-refractivity contribution in [1.29, 1.82) is 0 Å². The van der Waals surface area contributed by atoms with Gasteiger partial charge in [-0.3, -0.25) is 4.79 Å². The predicted molar refractivity (Wildman–Crippen MR) is 117 cm³/mol. The molecular formula is C23H16N2O3S. The maximum atomic E-state index is 12.6. The number of hydrogen-bond acceptors (Lipinski definition) is 6. The molecule has 0 spiro atoms. The lowest BCUT2D eigenvalue weighted by Gasteiger charge is -2.16. The van der Waals surface area contributed by atoms with Crippen LogP contribution in [0.15, 0.2) is 77.7 Å². The van der Waals surface area contributed by atoms with E-state index in [0.717, 1.165) is 38.4 Å². The molecule has 1 aliphatic rings. The highest BCUT2D eigenvalue weighted by Gasteiger charge is 2.27. The van der Waals surface area contributed by atoms with Gasteiger partial charge in [0.2, 0.25) is 5.12 Å². The molecule has 0 unspecified atom stereocenters. The van der Waals surface area contributed by atoms with E-state index >= 15 is 0 Å². The van der Waals surface area contributed by atoms with Crippen molar-refractivity contribution in [2.75, 3.05) is 10.6 Å². The Balaban J connectivity index is 1.66. The molecule has 4 N–H and O–H groups in total. The van der Waals surface area contributed by atoms with Crippen molar-refractivity contribution >= 4 is 50.4 Å². The summed E-state index contributed by atoms with van der Waals surface area (Å²) >= 11 is 1.22. The molecule has 0 saturated heterocycles. The summed E-state index contributed by atoms with van der Waals surface area (Å²) in [5.74, 6) is 0.396. The van der Waals surface area contributed by atoms with Gasteiger partial charge in [0.05, 0.1) is 5.69 Å². The van der Waals surface area contributed by atoms with E-state index in [0.29, 0.717) is 5.56 Å². The van der Waals surface area contributed by atoms with E-state index in [1.807, 2.05) is 24.3 Å². The Morgan fingerprint density at radius 2 is 1.31 bits per heavy atom. The van der Waals surface area contributed by atoms with Crippen LogP contribution in [0, 0.1) is 0 Å². The monoisotopic (exact) mass is 400 g/mol. The Morgan fingerprint density at radius 3 is 1.93 bits per heavy atom. The number of hydrogen-bond donors (Lipinski definition) is 4. The lowest BCUT2D eigenvalue weighted by atomic mass is 10.0. The van der Waals surface area contributed by atoms with Crippen LogP contribution in [0.4, 0.5) is 22.7 Å². The summed E-state index contributed by atoms with van der Waals surface area (Å²) in [5.41, 5.74) is 4.01. The first kappa shape index (κ1) is 17.5. The maximum Gasteiger partial charge on any atom is 0.224 e. The van der Waals surface area contributed by atoms with Gasteiger partial charge in [-0.05, 0) is 72.4 Å². The number of thioether (sulfide) groups is 1. The Morgan fingerprint density at radius 1 is 0.724 bits per heavy atom. The summed E-state index contributed by atoms with van der Waals surface area (Å²) < 4.78 is 0. The summed E-state index contributed by atoms with van der Waals surface area (Å²) in [6.45, 7) is 0. The molecular weight excluding hydrogens is 384 g/mol. The van der Waals surface area contributed by atoms with Gasteiger partial charge in [-0.2, -0.15) is 0 Å². The number of rotatable bonds is 4. The average Bonchev–Trinajstić information content (AvgIpc) is 3.07. The van der Waals surface area contributed by atoms with Crippen molar-refractivity contribution in [3.63, 3.8) is 0 Å². The van der Waals surface area contributed by atoms with Crippen LogP contribution in [-0.2, 0) is 0 Å². The number of benzene rings is 4. The molecule has 1 heterocycles. The summed E-state index contributed by atoms with van der Waals surface area (Å²) in [7, 11) is 0. The van der Waals surface area contributed by atoms with Crippen molar-refractivity contribution in [1.82, 2.24) is 0 Å². The third kappa shape index (κ3) is 3.13. The van der Waals surface area contributed by atoms with Gasteiger partial charge in [0.1, 0.15) is 11.5 Å². The van der Waals surface area contributed by atoms with E-state index in [-0.39, 0.29) is 16.6 Å². The van der Waals surface area contributed by atoms with Gasteiger partial charge in [0.25, 0.3) is 0 Å². The second kappa shape index (κ2) is 6.76. The first-order chi connectivity index (χ1) is 14.1. The van der Waals surface area contributed by atoms with Gasteiger partial charge in [0, 0.05) is 38.3 Å². The highest BCUT2D eigenvalue weighted by molar-refractivity contribution is 8.15. The third-order valence-electron chi connectivity index (χ3n) is 4.82. The first-order valence-corrected chi connectivity index (χ1v) is 9.84. The summed E-state index contributed by atoms with van der Waals surface area (Å²) in [6.07, 6.45) is 0. The predicted octanol–water partition coefficient (Wildman–Crippen LogP) is 5.98. The van der Waals surface area contributed by atoms with E-state index in [4.69, 9.17) is 0 Å². The minimum Gasteiger partial charge on any atom is -0.508 e. The van der Waals surface area contributed by atoms with Crippen LogP contribution in [0.2, 0.25) is 0 Å². The molecule has 0 aromatic heterocycles. The van der Waals surface area contributed by atoms with Crippen molar-refractivity contribution in [2.24, 2.45) is 0 Å². The van der Waals surface area contributed by atoms with Gasteiger partial charge >= 0.3 is 0 Å². The number of phenolic OH excluding ortho intramolecular Hbond substituents is 2. The van der Waals surface area contributed by atoms with Crippen LogP contribution in [-0.4, -0.2) is 15.3 Å². The maximum absolute atomic E-state index is 12.6. The molecule has 0 fully saturated rings. The van der Waals surface area contributed by atoms with Crippen LogP contribution in [0.1, 0.15) is 10.4 Å². The largest absolute Gasteiger partial charge is 0.508 e. The van der Waals surface area contributed by atoms with Crippen LogP contribution in [0.25, 0.3) is 10.8 Å². The zero-order valence-corrected chi connectivity index (χ0v) is 16.0. The zero-order chi connectivity index (χ0) is 20.0. The number of aromatic hydroxyl groups is 2. The van der Waals surface area contributed by atoms with Crippen molar-refractivity contribution in [3.8, 4) is 11.5 Å². The van der Waals surface area contributed by atoms with Gasteiger partial charge in [-0.25, -0.2) is 0 Å². The van der Waals surface area contributed by atoms with E-state index in [9.17, 15) is 15.0 Å². The van der Waals surface area contributed by atoms with E-state index in [2.05, 4.69) is 10.6 Å². The van der Waals surface area contributed by atoms with Crippen LogP contribution < -0.4 is 10.6 Å². The van der Waals surface area contributed by atoms with Crippen LogP contribution >= 0.6 is 11.8 Å². The molecule has 0 atom stereocenters.